The minimum absolute atomic E-state index is 0.00210. The summed E-state index contributed by atoms with van der Waals surface area (Å²) in [7, 11) is 0. The fourth-order valence-corrected chi connectivity index (χ4v) is 1.88. The van der Waals surface area contributed by atoms with Crippen LogP contribution in [0, 0.1) is 5.41 Å². The van der Waals surface area contributed by atoms with E-state index in [0.717, 1.165) is 32.5 Å². The van der Waals surface area contributed by atoms with Crippen LogP contribution in [0.1, 0.15) is 52.9 Å². The van der Waals surface area contributed by atoms with Crippen molar-refractivity contribution >= 4 is 0 Å². The van der Waals surface area contributed by atoms with Crippen LogP contribution in [-0.2, 0) is 4.74 Å². The quantitative estimate of drug-likeness (QED) is 0.707. The zero-order valence-electron chi connectivity index (χ0n) is 9.94. The molecule has 1 fully saturated rings. The van der Waals surface area contributed by atoms with Gasteiger partial charge >= 0.3 is 0 Å². The molecule has 84 valence electrons. The van der Waals surface area contributed by atoms with Crippen molar-refractivity contribution in [3.63, 3.8) is 0 Å². The highest BCUT2D eigenvalue weighted by Gasteiger charge is 2.29. The summed E-state index contributed by atoms with van der Waals surface area (Å²) >= 11 is 0. The largest absolute Gasteiger partial charge is 0.380 e. The van der Waals surface area contributed by atoms with Gasteiger partial charge in [-0.2, -0.15) is 0 Å². The van der Waals surface area contributed by atoms with E-state index in [2.05, 4.69) is 20.8 Å². The van der Waals surface area contributed by atoms with Crippen LogP contribution in [-0.4, -0.2) is 18.8 Å². The average molecular weight is 199 g/mol. The Morgan fingerprint density at radius 2 is 1.79 bits per heavy atom. The molecule has 1 saturated carbocycles. The lowest BCUT2D eigenvalue weighted by Crippen LogP contribution is -2.41. The molecule has 0 bridgehead atoms. The van der Waals surface area contributed by atoms with Gasteiger partial charge in [-0.25, -0.2) is 0 Å². The second-order valence-electron chi connectivity index (χ2n) is 5.93. The summed E-state index contributed by atoms with van der Waals surface area (Å²) in [4.78, 5) is 0. The molecule has 0 aromatic rings. The van der Waals surface area contributed by atoms with Gasteiger partial charge in [-0.3, -0.25) is 0 Å². The van der Waals surface area contributed by atoms with Crippen molar-refractivity contribution in [3.8, 4) is 0 Å². The maximum atomic E-state index is 6.18. The third-order valence-electron chi connectivity index (χ3n) is 2.99. The van der Waals surface area contributed by atoms with Gasteiger partial charge in [0.1, 0.15) is 0 Å². The molecule has 14 heavy (non-hydrogen) atoms. The summed E-state index contributed by atoms with van der Waals surface area (Å²) in [5.74, 6) is 0. The van der Waals surface area contributed by atoms with Gasteiger partial charge in [0.05, 0.1) is 6.61 Å². The van der Waals surface area contributed by atoms with Gasteiger partial charge in [0.25, 0.3) is 0 Å². The molecule has 0 heterocycles. The first-order valence-electron chi connectivity index (χ1n) is 5.78. The van der Waals surface area contributed by atoms with Crippen LogP contribution in [0.5, 0.6) is 0 Å². The van der Waals surface area contributed by atoms with E-state index in [1.165, 1.54) is 12.8 Å². The van der Waals surface area contributed by atoms with E-state index in [4.69, 9.17) is 10.5 Å². The summed E-state index contributed by atoms with van der Waals surface area (Å²) in [5.41, 5.74) is 6.55. The minimum Gasteiger partial charge on any atom is -0.380 e. The minimum atomic E-state index is -0.00210. The highest BCUT2D eigenvalue weighted by molar-refractivity contribution is 4.88. The molecule has 0 aliphatic heterocycles. The number of hydrogen-bond donors (Lipinski definition) is 1. The molecule has 0 saturated heterocycles. The molecule has 0 amide bonds. The molecule has 0 radical (unpaired) electrons. The van der Waals surface area contributed by atoms with E-state index < -0.39 is 0 Å². The summed E-state index contributed by atoms with van der Waals surface area (Å²) < 4.78 is 5.67. The van der Waals surface area contributed by atoms with E-state index in [1.807, 2.05) is 0 Å². The van der Waals surface area contributed by atoms with Crippen molar-refractivity contribution in [1.29, 1.82) is 0 Å². The molecule has 0 atom stereocenters. The van der Waals surface area contributed by atoms with Crippen LogP contribution in [0.2, 0.25) is 0 Å². The summed E-state index contributed by atoms with van der Waals surface area (Å²) in [6.45, 7) is 8.32. The van der Waals surface area contributed by atoms with Crippen LogP contribution in [0.25, 0.3) is 0 Å². The van der Waals surface area contributed by atoms with E-state index >= 15 is 0 Å². The Bertz CT molecular complexity index is 166. The molecule has 2 nitrogen and oxygen atoms in total. The highest BCUT2D eigenvalue weighted by Crippen LogP contribution is 2.27. The second kappa shape index (κ2) is 4.63. The average Bonchev–Trinajstić information content (AvgIpc) is 2.45. The zero-order chi connectivity index (χ0) is 10.7. The number of hydrogen-bond acceptors (Lipinski definition) is 2. The molecule has 0 unspecified atom stereocenters. The van der Waals surface area contributed by atoms with Gasteiger partial charge in [0, 0.05) is 12.1 Å². The van der Waals surface area contributed by atoms with Gasteiger partial charge in [-0.1, -0.05) is 33.6 Å². The summed E-state index contributed by atoms with van der Waals surface area (Å²) in [6, 6.07) is 0. The third-order valence-corrected chi connectivity index (χ3v) is 2.99. The first-order valence-corrected chi connectivity index (χ1v) is 5.78. The van der Waals surface area contributed by atoms with Gasteiger partial charge in [-0.05, 0) is 24.7 Å². The number of rotatable bonds is 4. The molecule has 2 N–H and O–H groups in total. The Morgan fingerprint density at radius 3 is 2.29 bits per heavy atom. The molecule has 0 spiro atoms. The van der Waals surface area contributed by atoms with Crippen molar-refractivity contribution in [2.75, 3.05) is 13.2 Å². The monoisotopic (exact) mass is 199 g/mol. The fraction of sp³-hybridized carbons (Fsp3) is 1.00. The standard InChI is InChI=1S/C12H25NO/c1-11(2,3)8-9-14-10-12(13)6-4-5-7-12/h4-10,13H2,1-3H3. The van der Waals surface area contributed by atoms with Crippen molar-refractivity contribution < 1.29 is 4.74 Å². The van der Waals surface area contributed by atoms with Crippen LogP contribution in [0.3, 0.4) is 0 Å². The lowest BCUT2D eigenvalue weighted by Gasteiger charge is -2.24. The second-order valence-corrected chi connectivity index (χ2v) is 5.93. The van der Waals surface area contributed by atoms with Gasteiger partial charge in [-0.15, -0.1) is 0 Å². The maximum Gasteiger partial charge on any atom is 0.0646 e. The predicted octanol–water partition coefficient (Wildman–Crippen LogP) is 2.71. The van der Waals surface area contributed by atoms with Crippen LogP contribution in [0.4, 0.5) is 0 Å². The van der Waals surface area contributed by atoms with E-state index in [9.17, 15) is 0 Å². The third kappa shape index (κ3) is 4.43. The Hall–Kier alpha value is -0.0800. The van der Waals surface area contributed by atoms with Crippen molar-refractivity contribution in [1.82, 2.24) is 0 Å². The van der Waals surface area contributed by atoms with Gasteiger partial charge < -0.3 is 10.5 Å². The van der Waals surface area contributed by atoms with Crippen molar-refractivity contribution in [3.05, 3.63) is 0 Å². The number of nitrogens with two attached hydrogens (primary N) is 1. The molecule has 1 aliphatic carbocycles. The molecule has 2 heteroatoms. The lowest BCUT2D eigenvalue weighted by molar-refractivity contribution is 0.0692. The molecule has 1 aliphatic rings. The summed E-state index contributed by atoms with van der Waals surface area (Å²) in [6.07, 6.45) is 5.95. The molecule has 0 aromatic heterocycles. The first-order chi connectivity index (χ1) is 6.41. The smallest absolute Gasteiger partial charge is 0.0646 e. The normalized spacial score (nSPS) is 21.4. The Balaban J connectivity index is 2.09. The SMILES string of the molecule is CC(C)(C)CCOCC1(N)CCCC1. The van der Waals surface area contributed by atoms with Crippen molar-refractivity contribution in [2.45, 2.75) is 58.4 Å². The molecular formula is C12H25NO. The zero-order valence-corrected chi connectivity index (χ0v) is 9.94. The van der Waals surface area contributed by atoms with Crippen molar-refractivity contribution in [2.24, 2.45) is 11.1 Å². The highest BCUT2D eigenvalue weighted by atomic mass is 16.5. The predicted molar refractivity (Wildman–Crippen MR) is 60.3 cm³/mol. The topological polar surface area (TPSA) is 35.2 Å². The first kappa shape index (κ1) is 12.0. The van der Waals surface area contributed by atoms with E-state index in [1.54, 1.807) is 0 Å². The van der Waals surface area contributed by atoms with Crippen LogP contribution >= 0.6 is 0 Å². The maximum absolute atomic E-state index is 6.18. The molecule has 0 aromatic carbocycles. The van der Waals surface area contributed by atoms with Gasteiger partial charge in [0.15, 0.2) is 0 Å². The van der Waals surface area contributed by atoms with E-state index in [0.29, 0.717) is 5.41 Å². The Labute approximate surface area is 88.2 Å². The van der Waals surface area contributed by atoms with E-state index in [-0.39, 0.29) is 5.54 Å². The Morgan fingerprint density at radius 1 is 1.21 bits per heavy atom. The number of ether oxygens (including phenoxy) is 1. The lowest BCUT2D eigenvalue weighted by atomic mass is 9.93. The molecule has 1 rings (SSSR count). The fourth-order valence-electron chi connectivity index (χ4n) is 1.88. The Kier molecular flexibility index (Phi) is 3.96. The van der Waals surface area contributed by atoms with Gasteiger partial charge in [0.2, 0.25) is 0 Å². The molecular weight excluding hydrogens is 174 g/mol. The summed E-state index contributed by atoms with van der Waals surface area (Å²) in [5, 5.41) is 0. The van der Waals surface area contributed by atoms with Crippen LogP contribution in [0.15, 0.2) is 0 Å². The van der Waals surface area contributed by atoms with Crippen LogP contribution < -0.4 is 5.73 Å².